The summed E-state index contributed by atoms with van der Waals surface area (Å²) in [6, 6.07) is 11.5. The molecule has 0 spiro atoms. The highest BCUT2D eigenvalue weighted by molar-refractivity contribution is 6.40. The number of amides is 1. The summed E-state index contributed by atoms with van der Waals surface area (Å²) in [4.78, 5) is 15.8. The molecule has 1 aromatic carbocycles. The number of carbonyl (C=O) groups excluding carboxylic acids is 1. The Balaban J connectivity index is 0.00000118. The molecule has 1 amide bonds. The summed E-state index contributed by atoms with van der Waals surface area (Å²) in [5, 5.41) is 12.3. The topological polar surface area (TPSA) is 63.1 Å². The van der Waals surface area contributed by atoms with Crippen molar-refractivity contribution in [3.63, 3.8) is 0 Å². The van der Waals surface area contributed by atoms with Crippen LogP contribution < -0.4 is 5.32 Å². The molecule has 1 N–H and O–H groups in total. The summed E-state index contributed by atoms with van der Waals surface area (Å²) in [5.41, 5.74) is 1.08. The van der Waals surface area contributed by atoms with Crippen molar-refractivity contribution in [2.24, 2.45) is 5.92 Å². The number of hydrogen-bond acceptors (Lipinski definition) is 4. The zero-order valence-electron chi connectivity index (χ0n) is 23.8. The van der Waals surface area contributed by atoms with Crippen molar-refractivity contribution in [1.29, 1.82) is 0 Å². The maximum Gasteiger partial charge on any atom is 0.248 e. The zero-order chi connectivity index (χ0) is 28.9. The van der Waals surface area contributed by atoms with Crippen LogP contribution >= 0.6 is 23.2 Å². The maximum atomic E-state index is 13.6. The number of aryl methyl sites for hydroxylation is 1. The molecule has 3 fully saturated rings. The van der Waals surface area contributed by atoms with Crippen LogP contribution in [0.3, 0.4) is 0 Å². The van der Waals surface area contributed by atoms with Crippen molar-refractivity contribution < 1.29 is 13.6 Å². The van der Waals surface area contributed by atoms with Gasteiger partial charge in [0.2, 0.25) is 11.8 Å². The van der Waals surface area contributed by atoms with Crippen molar-refractivity contribution in [3.05, 3.63) is 47.5 Å². The van der Waals surface area contributed by atoms with Gasteiger partial charge in [-0.05, 0) is 57.4 Å². The van der Waals surface area contributed by atoms with E-state index in [1.807, 2.05) is 18.2 Å². The highest BCUT2D eigenvalue weighted by Crippen LogP contribution is 2.42. The van der Waals surface area contributed by atoms with Crippen LogP contribution in [0.15, 0.2) is 30.3 Å². The Morgan fingerprint density at radius 1 is 1.02 bits per heavy atom. The number of piperidine rings is 1. The normalized spacial score (nSPS) is 25.4. The van der Waals surface area contributed by atoms with Crippen molar-refractivity contribution in [2.45, 2.75) is 115 Å². The second kappa shape index (κ2) is 13.9. The van der Waals surface area contributed by atoms with Gasteiger partial charge in [0.15, 0.2) is 0 Å². The van der Waals surface area contributed by atoms with Gasteiger partial charge in [-0.1, -0.05) is 44.2 Å². The van der Waals surface area contributed by atoms with Crippen LogP contribution in [0.2, 0.25) is 0 Å². The first kappa shape index (κ1) is 31.2. The molecule has 2 aromatic rings. The number of nitrogens with zero attached hydrogens (tertiary/aromatic N) is 4. The molecule has 4 atom stereocenters. The Bertz CT molecular complexity index is 1080. The first-order valence-corrected chi connectivity index (χ1v) is 15.7. The van der Waals surface area contributed by atoms with Crippen LogP contribution in [0.25, 0.3) is 0 Å². The van der Waals surface area contributed by atoms with Gasteiger partial charge in [0.05, 0.1) is 11.4 Å². The lowest BCUT2D eigenvalue weighted by atomic mass is 9.86. The second-order valence-corrected chi connectivity index (χ2v) is 12.7. The number of aromatic nitrogens is 3. The average molecular weight is 599 g/mol. The molecule has 6 nitrogen and oxygen atoms in total. The molecule has 2 aliphatic heterocycles. The van der Waals surface area contributed by atoms with E-state index in [9.17, 15) is 13.6 Å². The SMILES string of the molecule is Cc1nnc(C(C)C)n1C1C[C@H]2CC[C@@H](C1)N2CC[C@H](NC(=O)C1CCC(F)(F)CC1)c1ccccc1.ClCCl. The Morgan fingerprint density at radius 3 is 2.20 bits per heavy atom. The Labute approximate surface area is 247 Å². The van der Waals surface area contributed by atoms with E-state index in [1.54, 1.807) is 0 Å². The van der Waals surface area contributed by atoms with Crippen molar-refractivity contribution >= 4 is 29.1 Å². The van der Waals surface area contributed by atoms with E-state index in [-0.39, 0.29) is 48.9 Å². The van der Waals surface area contributed by atoms with Crippen LogP contribution in [0, 0.1) is 12.8 Å². The fourth-order valence-electron chi connectivity index (χ4n) is 6.93. The van der Waals surface area contributed by atoms with Crippen LogP contribution in [0.4, 0.5) is 8.78 Å². The summed E-state index contributed by atoms with van der Waals surface area (Å²) >= 11 is 9.53. The Kier molecular flexibility index (Phi) is 10.9. The number of alkyl halides is 4. The van der Waals surface area contributed by atoms with Gasteiger partial charge in [0.1, 0.15) is 11.6 Å². The van der Waals surface area contributed by atoms with Gasteiger partial charge in [0, 0.05) is 49.3 Å². The van der Waals surface area contributed by atoms with Gasteiger partial charge in [0.25, 0.3) is 0 Å². The minimum atomic E-state index is -2.62. The van der Waals surface area contributed by atoms with Gasteiger partial charge in [-0.25, -0.2) is 8.78 Å². The maximum absolute atomic E-state index is 13.6. The number of nitrogens with one attached hydrogen (secondary N) is 1. The predicted molar refractivity (Wildman–Crippen MR) is 156 cm³/mol. The molecule has 1 unspecified atom stereocenters. The van der Waals surface area contributed by atoms with Crippen LogP contribution in [0.5, 0.6) is 0 Å². The first-order chi connectivity index (χ1) is 19.1. The molecule has 1 saturated carbocycles. The number of halogens is 4. The minimum Gasteiger partial charge on any atom is -0.349 e. The van der Waals surface area contributed by atoms with Crippen molar-refractivity contribution in [2.75, 3.05) is 11.9 Å². The molecule has 222 valence electrons. The number of benzene rings is 1. The summed E-state index contributed by atoms with van der Waals surface area (Å²) in [7, 11) is 0. The van der Waals surface area contributed by atoms with E-state index in [0.29, 0.717) is 24.0 Å². The predicted octanol–water partition coefficient (Wildman–Crippen LogP) is 7.37. The molecular weight excluding hydrogens is 555 g/mol. The third-order valence-electron chi connectivity index (χ3n) is 8.92. The molecule has 2 saturated heterocycles. The molecule has 5 rings (SSSR count). The summed E-state index contributed by atoms with van der Waals surface area (Å²) in [5.74, 6) is -0.572. The Morgan fingerprint density at radius 2 is 1.62 bits per heavy atom. The van der Waals surface area contributed by atoms with Crippen molar-refractivity contribution in [1.82, 2.24) is 25.0 Å². The van der Waals surface area contributed by atoms with Gasteiger partial charge in [-0.2, -0.15) is 0 Å². The van der Waals surface area contributed by atoms with E-state index in [4.69, 9.17) is 23.2 Å². The lowest BCUT2D eigenvalue weighted by Gasteiger charge is -2.40. The first-order valence-electron chi connectivity index (χ1n) is 14.7. The monoisotopic (exact) mass is 597 g/mol. The smallest absolute Gasteiger partial charge is 0.248 e. The van der Waals surface area contributed by atoms with Gasteiger partial charge >= 0.3 is 0 Å². The van der Waals surface area contributed by atoms with E-state index in [0.717, 1.165) is 43.0 Å². The second-order valence-electron chi connectivity index (χ2n) is 11.9. The lowest BCUT2D eigenvalue weighted by Crippen LogP contribution is -2.45. The number of carbonyl (C=O) groups is 1. The molecule has 40 heavy (non-hydrogen) atoms. The summed E-state index contributed by atoms with van der Waals surface area (Å²) < 4.78 is 29.6. The molecule has 1 aromatic heterocycles. The van der Waals surface area contributed by atoms with Gasteiger partial charge < -0.3 is 9.88 Å². The number of rotatable bonds is 8. The van der Waals surface area contributed by atoms with E-state index in [1.165, 1.54) is 12.8 Å². The third kappa shape index (κ3) is 7.54. The Hall–Kier alpha value is -1.77. The quantitative estimate of drug-likeness (QED) is 0.323. The fraction of sp³-hybridized carbons (Fsp3) is 0.700. The number of hydrogen-bond donors (Lipinski definition) is 1. The standard InChI is InChI=1S/C29H41F2N5O.CH2Cl2/c1-19(2)27-34-33-20(3)36(27)25-17-23-9-10-24(18-25)35(23)16-13-26(21-7-5-4-6-8-21)32-28(37)22-11-14-29(30,31)15-12-22;2-1-3/h4-8,19,22-26H,9-18H2,1-3H3,(H,32,37);1H2/t23-,24+,25?,26-;/m0./s1. The highest BCUT2D eigenvalue weighted by Gasteiger charge is 2.42. The number of fused-ring (bicyclic) bond motifs is 2. The minimum absolute atomic E-state index is 0.0738. The largest absolute Gasteiger partial charge is 0.349 e. The highest BCUT2D eigenvalue weighted by atomic mass is 35.5. The summed E-state index contributed by atoms with van der Waals surface area (Å²) in [6.45, 7) is 7.34. The molecule has 10 heteroatoms. The molecule has 3 heterocycles. The third-order valence-corrected chi connectivity index (χ3v) is 8.92. The van der Waals surface area contributed by atoms with Gasteiger partial charge in [-0.15, -0.1) is 33.4 Å². The average Bonchev–Trinajstić information content (AvgIpc) is 3.42. The van der Waals surface area contributed by atoms with E-state index in [2.05, 4.69) is 57.9 Å². The summed E-state index contributed by atoms with van der Waals surface area (Å²) in [6.07, 6.45) is 5.59. The lowest BCUT2D eigenvalue weighted by molar-refractivity contribution is -0.130. The van der Waals surface area contributed by atoms with Gasteiger partial charge in [-0.3, -0.25) is 9.69 Å². The molecule has 0 radical (unpaired) electrons. The van der Waals surface area contributed by atoms with Crippen LogP contribution in [-0.4, -0.2) is 55.5 Å². The molecule has 3 aliphatic rings. The van der Waals surface area contributed by atoms with Crippen LogP contribution in [0.1, 0.15) is 107 Å². The molecule has 1 aliphatic carbocycles. The molecular formula is C30H43Cl2F2N5O. The van der Waals surface area contributed by atoms with Crippen molar-refractivity contribution in [3.8, 4) is 0 Å². The van der Waals surface area contributed by atoms with Crippen LogP contribution in [-0.2, 0) is 4.79 Å². The molecule has 2 bridgehead atoms. The fourth-order valence-corrected chi connectivity index (χ4v) is 6.93. The van der Waals surface area contributed by atoms with E-state index < -0.39 is 5.92 Å². The zero-order valence-corrected chi connectivity index (χ0v) is 25.3. The van der Waals surface area contributed by atoms with E-state index >= 15 is 0 Å².